The molecule has 1 unspecified atom stereocenters. The Hall–Kier alpha value is -3.43. The van der Waals surface area contributed by atoms with E-state index < -0.39 is 0 Å². The lowest BCUT2D eigenvalue weighted by Gasteiger charge is -2.40. The van der Waals surface area contributed by atoms with Crippen LogP contribution in [0.15, 0.2) is 95.7 Å². The maximum absolute atomic E-state index is 13.8. The van der Waals surface area contributed by atoms with Gasteiger partial charge in [-0.1, -0.05) is 66.2 Å². The Morgan fingerprint density at radius 3 is 2.19 bits per heavy atom. The number of fused-ring (bicyclic) bond motifs is 2. The SMILES string of the molecule is O=C1CCCC2=C1C(c1ccc(Cl)cc1)C1=C(c3ccccc3C1=O)N2c1ccccc1. The minimum Gasteiger partial charge on any atom is -0.313 e. The smallest absolute Gasteiger partial charge is 0.192 e. The summed E-state index contributed by atoms with van der Waals surface area (Å²) >= 11 is 6.17. The van der Waals surface area contributed by atoms with Crippen LogP contribution in [-0.2, 0) is 4.79 Å². The van der Waals surface area contributed by atoms with Gasteiger partial charge in [0.15, 0.2) is 11.6 Å². The van der Waals surface area contributed by atoms with E-state index in [0.29, 0.717) is 22.6 Å². The summed E-state index contributed by atoms with van der Waals surface area (Å²) in [6.07, 6.45) is 2.12. The van der Waals surface area contributed by atoms with E-state index in [4.69, 9.17) is 11.6 Å². The monoisotopic (exact) mass is 437 g/mol. The third kappa shape index (κ3) is 2.74. The number of rotatable bonds is 2. The van der Waals surface area contributed by atoms with E-state index in [2.05, 4.69) is 4.90 Å². The van der Waals surface area contributed by atoms with Crippen molar-refractivity contribution >= 4 is 34.6 Å². The van der Waals surface area contributed by atoms with Crippen molar-refractivity contribution in [3.63, 3.8) is 0 Å². The van der Waals surface area contributed by atoms with Crippen molar-refractivity contribution in [1.29, 1.82) is 0 Å². The van der Waals surface area contributed by atoms with Crippen LogP contribution >= 0.6 is 11.6 Å². The summed E-state index contributed by atoms with van der Waals surface area (Å²) in [5, 5.41) is 0.634. The molecule has 3 aromatic carbocycles. The number of allylic oxidation sites excluding steroid dienone is 3. The molecule has 0 spiro atoms. The Morgan fingerprint density at radius 1 is 0.750 bits per heavy atom. The van der Waals surface area contributed by atoms with Gasteiger partial charge < -0.3 is 4.90 Å². The summed E-state index contributed by atoms with van der Waals surface area (Å²) in [6.45, 7) is 0. The summed E-state index contributed by atoms with van der Waals surface area (Å²) in [5.74, 6) is -0.256. The molecule has 32 heavy (non-hydrogen) atoms. The number of hydrogen-bond donors (Lipinski definition) is 0. The molecular formula is C28H20ClNO2. The van der Waals surface area contributed by atoms with Crippen LogP contribution in [0, 0.1) is 0 Å². The van der Waals surface area contributed by atoms with Crippen LogP contribution in [0.25, 0.3) is 5.70 Å². The molecule has 2 aliphatic carbocycles. The highest BCUT2D eigenvalue weighted by molar-refractivity contribution is 6.30. The third-order valence-corrected chi connectivity index (χ3v) is 6.90. The molecular weight excluding hydrogens is 418 g/mol. The molecule has 1 aliphatic heterocycles. The van der Waals surface area contributed by atoms with Crippen LogP contribution in [-0.4, -0.2) is 11.6 Å². The fourth-order valence-electron chi connectivity index (χ4n) is 5.33. The zero-order valence-electron chi connectivity index (χ0n) is 17.3. The molecule has 0 aromatic heterocycles. The summed E-state index contributed by atoms with van der Waals surface area (Å²) in [5.41, 5.74) is 6.89. The average Bonchev–Trinajstić information content (AvgIpc) is 3.12. The average molecular weight is 438 g/mol. The maximum Gasteiger partial charge on any atom is 0.192 e. The Labute approximate surface area is 191 Å². The van der Waals surface area contributed by atoms with Gasteiger partial charge in [0, 0.05) is 51.0 Å². The molecule has 0 fully saturated rings. The summed E-state index contributed by atoms with van der Waals surface area (Å²) < 4.78 is 0. The molecule has 1 atom stereocenters. The Bertz CT molecular complexity index is 1340. The normalized spacial score (nSPS) is 19.8. The standard InChI is InChI=1S/C28H20ClNO2/c29-18-15-13-17(14-16-18)24-25-22(11-6-12-23(25)31)30(19-7-2-1-3-8-19)27-20-9-4-5-10-21(20)28(32)26(24)27/h1-5,7-10,13-16,24H,6,11-12H2. The van der Waals surface area contributed by atoms with E-state index >= 15 is 0 Å². The van der Waals surface area contributed by atoms with Gasteiger partial charge in [0.25, 0.3) is 0 Å². The molecule has 3 nitrogen and oxygen atoms in total. The molecule has 0 N–H and O–H groups in total. The Morgan fingerprint density at radius 2 is 1.44 bits per heavy atom. The molecule has 3 aliphatic rings. The lowest BCUT2D eigenvalue weighted by atomic mass is 9.74. The molecule has 0 radical (unpaired) electrons. The van der Waals surface area contributed by atoms with E-state index in [1.807, 2.05) is 78.9 Å². The van der Waals surface area contributed by atoms with E-state index in [-0.39, 0.29) is 17.5 Å². The number of Topliss-reactive ketones (excluding diaryl/α,β-unsaturated/α-hetero) is 2. The van der Waals surface area contributed by atoms with Crippen LogP contribution in [0.5, 0.6) is 0 Å². The minimum atomic E-state index is -0.384. The fourth-order valence-corrected chi connectivity index (χ4v) is 5.46. The van der Waals surface area contributed by atoms with Crippen molar-refractivity contribution in [2.45, 2.75) is 25.2 Å². The largest absolute Gasteiger partial charge is 0.313 e. The molecule has 0 bridgehead atoms. The number of hydrogen-bond acceptors (Lipinski definition) is 3. The summed E-state index contributed by atoms with van der Waals surface area (Å²) in [7, 11) is 0. The van der Waals surface area contributed by atoms with Crippen LogP contribution in [0.4, 0.5) is 5.69 Å². The van der Waals surface area contributed by atoms with Crippen molar-refractivity contribution in [3.05, 3.63) is 117 Å². The van der Waals surface area contributed by atoms with Gasteiger partial charge in [-0.15, -0.1) is 0 Å². The predicted molar refractivity (Wildman–Crippen MR) is 127 cm³/mol. The van der Waals surface area contributed by atoms with Crippen molar-refractivity contribution < 1.29 is 9.59 Å². The predicted octanol–water partition coefficient (Wildman–Crippen LogP) is 6.56. The molecule has 156 valence electrons. The van der Waals surface area contributed by atoms with Crippen molar-refractivity contribution in [3.8, 4) is 0 Å². The fraction of sp³-hybridized carbons (Fsp3) is 0.143. The first-order chi connectivity index (χ1) is 15.6. The van der Waals surface area contributed by atoms with Crippen molar-refractivity contribution in [1.82, 2.24) is 0 Å². The zero-order valence-corrected chi connectivity index (χ0v) is 18.1. The highest BCUT2D eigenvalue weighted by Crippen LogP contribution is 2.54. The van der Waals surface area contributed by atoms with E-state index in [1.165, 1.54) is 0 Å². The van der Waals surface area contributed by atoms with E-state index in [9.17, 15) is 9.59 Å². The van der Waals surface area contributed by atoms with Gasteiger partial charge in [0.05, 0.1) is 5.70 Å². The number of anilines is 1. The van der Waals surface area contributed by atoms with Crippen molar-refractivity contribution in [2.24, 2.45) is 0 Å². The molecule has 6 rings (SSSR count). The third-order valence-electron chi connectivity index (χ3n) is 6.64. The zero-order chi connectivity index (χ0) is 21.8. The lowest BCUT2D eigenvalue weighted by Crippen LogP contribution is -2.35. The van der Waals surface area contributed by atoms with Gasteiger partial charge in [0.2, 0.25) is 0 Å². The minimum absolute atomic E-state index is 0.00130. The second-order valence-electron chi connectivity index (χ2n) is 8.43. The van der Waals surface area contributed by atoms with Gasteiger partial charge in [-0.2, -0.15) is 0 Å². The van der Waals surface area contributed by atoms with Crippen LogP contribution < -0.4 is 4.90 Å². The number of carbonyl (C=O) groups excluding carboxylic acids is 2. The number of carbonyl (C=O) groups is 2. The van der Waals surface area contributed by atoms with Gasteiger partial charge in [-0.05, 0) is 42.7 Å². The van der Waals surface area contributed by atoms with Gasteiger partial charge in [0.1, 0.15) is 0 Å². The van der Waals surface area contributed by atoms with Gasteiger partial charge in [-0.25, -0.2) is 0 Å². The highest BCUT2D eigenvalue weighted by Gasteiger charge is 2.47. The Balaban J connectivity index is 1.69. The first kappa shape index (κ1) is 19.3. The molecule has 0 amide bonds. The quantitative estimate of drug-likeness (QED) is 0.455. The summed E-state index contributed by atoms with van der Waals surface area (Å²) in [6, 6.07) is 25.4. The number of halogens is 1. The second-order valence-corrected chi connectivity index (χ2v) is 8.87. The molecule has 0 saturated heterocycles. The number of benzene rings is 3. The molecule has 1 heterocycles. The van der Waals surface area contributed by atoms with Crippen LogP contribution in [0.2, 0.25) is 5.02 Å². The van der Waals surface area contributed by atoms with Crippen LogP contribution in [0.3, 0.4) is 0 Å². The number of para-hydroxylation sites is 1. The number of ketones is 2. The van der Waals surface area contributed by atoms with Gasteiger partial charge in [-0.3, -0.25) is 9.59 Å². The molecule has 0 saturated carbocycles. The maximum atomic E-state index is 13.8. The molecule has 3 aromatic rings. The topological polar surface area (TPSA) is 37.4 Å². The van der Waals surface area contributed by atoms with Gasteiger partial charge >= 0.3 is 0 Å². The first-order valence-electron chi connectivity index (χ1n) is 10.9. The van der Waals surface area contributed by atoms with E-state index in [1.54, 1.807) is 0 Å². The van der Waals surface area contributed by atoms with Crippen molar-refractivity contribution in [2.75, 3.05) is 4.90 Å². The summed E-state index contributed by atoms with van der Waals surface area (Å²) in [4.78, 5) is 29.3. The molecule has 4 heteroatoms. The second kappa shape index (κ2) is 7.32. The lowest BCUT2D eigenvalue weighted by molar-refractivity contribution is -0.116. The highest BCUT2D eigenvalue weighted by atomic mass is 35.5. The first-order valence-corrected chi connectivity index (χ1v) is 11.3. The Kier molecular flexibility index (Phi) is 4.41. The van der Waals surface area contributed by atoms with Crippen LogP contribution in [0.1, 0.15) is 46.7 Å². The number of nitrogens with zero attached hydrogens (tertiary/aromatic N) is 1. The van der Waals surface area contributed by atoms with E-state index in [0.717, 1.165) is 46.6 Å².